The maximum atomic E-state index is 12.3. The molecule has 15 nitrogen and oxygen atoms in total. The third kappa shape index (κ3) is 10.8. The minimum Gasteiger partial charge on any atom is -0.431 e. The number of carbonyl (C=O) groups excluding carboxylic acids is 6. The first-order chi connectivity index (χ1) is 22.9. The van der Waals surface area contributed by atoms with Crippen LogP contribution in [0.25, 0.3) is 0 Å². The van der Waals surface area contributed by atoms with Gasteiger partial charge in [-0.25, -0.2) is 43.7 Å². The number of benzene rings is 3. The first kappa shape index (κ1) is 36.3. The van der Waals surface area contributed by atoms with Crippen molar-refractivity contribution in [1.82, 2.24) is 0 Å². The summed E-state index contributed by atoms with van der Waals surface area (Å²) in [7, 11) is 0. The monoisotopic (exact) mass is 668 g/mol. The minimum absolute atomic E-state index is 0.00976. The van der Waals surface area contributed by atoms with E-state index in [1.165, 1.54) is 18.2 Å². The van der Waals surface area contributed by atoms with Crippen LogP contribution in [-0.2, 0) is 43.5 Å². The zero-order chi connectivity index (χ0) is 35.1. The molecule has 3 aromatic rings. The van der Waals surface area contributed by atoms with E-state index in [2.05, 4.69) is 29.3 Å². The summed E-state index contributed by atoms with van der Waals surface area (Å²) in [4.78, 5) is 101. The van der Waals surface area contributed by atoms with Crippen LogP contribution >= 0.6 is 0 Å². The van der Waals surface area contributed by atoms with Crippen molar-refractivity contribution in [2.24, 2.45) is 5.41 Å². The second kappa shape index (κ2) is 17.5. The zero-order valence-corrected chi connectivity index (χ0v) is 26.4. The summed E-state index contributed by atoms with van der Waals surface area (Å²) in [5, 5.41) is 0. The number of rotatable bonds is 10. The molecule has 0 aromatic heterocycles. The molecule has 15 heteroatoms. The molecule has 0 heterocycles. The van der Waals surface area contributed by atoms with Crippen molar-refractivity contribution in [3.8, 4) is 0 Å². The lowest BCUT2D eigenvalue weighted by Crippen LogP contribution is -2.39. The minimum atomic E-state index is -1.50. The van der Waals surface area contributed by atoms with Crippen molar-refractivity contribution in [2.75, 3.05) is 19.8 Å². The fraction of sp³-hybridized carbons (Fsp3) is 0.273. The first-order valence-corrected chi connectivity index (χ1v) is 14.3. The van der Waals surface area contributed by atoms with Crippen LogP contribution in [0.15, 0.2) is 72.8 Å². The van der Waals surface area contributed by atoms with Gasteiger partial charge in [-0.3, -0.25) is 0 Å². The lowest BCUT2D eigenvalue weighted by atomic mass is 9.88. The second-order valence-electron chi connectivity index (χ2n) is 10.3. The van der Waals surface area contributed by atoms with E-state index in [0.29, 0.717) is 16.7 Å². The average Bonchev–Trinajstić information content (AvgIpc) is 3.09. The molecule has 0 aliphatic carbocycles. The number of carbonyl (C=O) groups is 6. The summed E-state index contributed by atoms with van der Waals surface area (Å²) in [6, 6.07) is 19.2. The normalized spacial score (nSPS) is 10.5. The molecule has 0 aliphatic rings. The van der Waals surface area contributed by atoms with E-state index in [-0.39, 0.29) is 23.1 Å². The Morgan fingerprint density at radius 2 is 0.729 bits per heavy atom. The molecule has 0 unspecified atom stereocenters. The van der Waals surface area contributed by atoms with Crippen LogP contribution in [0, 0.1) is 26.2 Å². The van der Waals surface area contributed by atoms with Gasteiger partial charge in [-0.05, 0) is 62.1 Å². The molecule has 0 amide bonds. The Labute approximate surface area is 274 Å². The smallest absolute Gasteiger partial charge is 0.431 e. The number of hydrogen-bond acceptors (Lipinski definition) is 15. The van der Waals surface area contributed by atoms with Crippen LogP contribution in [0.1, 0.15) is 61.1 Å². The molecule has 0 saturated carbocycles. The summed E-state index contributed by atoms with van der Waals surface area (Å²) in [6.45, 7) is 4.58. The summed E-state index contributed by atoms with van der Waals surface area (Å²) in [5.41, 5.74) is 0.594. The van der Waals surface area contributed by atoms with Crippen molar-refractivity contribution in [1.29, 1.82) is 0 Å². The number of ether oxygens (including phenoxy) is 3. The Morgan fingerprint density at radius 1 is 0.458 bits per heavy atom. The molecule has 0 fully saturated rings. The predicted molar refractivity (Wildman–Crippen MR) is 160 cm³/mol. The van der Waals surface area contributed by atoms with Crippen LogP contribution < -0.4 is 0 Å². The van der Waals surface area contributed by atoms with Crippen molar-refractivity contribution in [2.45, 2.75) is 34.1 Å². The largest absolute Gasteiger partial charge is 0.549 e. The molecule has 254 valence electrons. The number of aryl methyl sites for hydroxylation is 3. The molecule has 0 N–H and O–H groups in total. The van der Waals surface area contributed by atoms with Gasteiger partial charge in [0.2, 0.25) is 0 Å². The van der Waals surface area contributed by atoms with Crippen LogP contribution in [0.4, 0.5) is 14.4 Å². The van der Waals surface area contributed by atoms with Crippen LogP contribution in [-0.4, -0.2) is 56.2 Å². The Kier molecular flexibility index (Phi) is 13.3. The highest BCUT2D eigenvalue weighted by Gasteiger charge is 2.36. The molecule has 0 aliphatic heterocycles. The second-order valence-corrected chi connectivity index (χ2v) is 10.3. The maximum Gasteiger partial charge on any atom is 0.549 e. The van der Waals surface area contributed by atoms with E-state index in [9.17, 15) is 28.8 Å². The van der Waals surface area contributed by atoms with Gasteiger partial charge >= 0.3 is 36.4 Å². The molecule has 3 aromatic carbocycles. The van der Waals surface area contributed by atoms with Crippen molar-refractivity contribution in [3.63, 3.8) is 0 Å². The third-order valence-electron chi connectivity index (χ3n) is 6.89. The van der Waals surface area contributed by atoms with Crippen molar-refractivity contribution in [3.05, 3.63) is 106 Å². The van der Waals surface area contributed by atoms with E-state index in [4.69, 9.17) is 14.2 Å². The molecule has 48 heavy (non-hydrogen) atoms. The molecular formula is C33H32O15. The quantitative estimate of drug-likeness (QED) is 0.105. The van der Waals surface area contributed by atoms with Gasteiger partial charge in [-0.1, -0.05) is 61.5 Å². The highest BCUT2D eigenvalue weighted by atomic mass is 17.2. The Balaban J connectivity index is 1.60. The molecular weight excluding hydrogens is 636 g/mol. The van der Waals surface area contributed by atoms with E-state index < -0.39 is 61.6 Å². The van der Waals surface area contributed by atoms with Gasteiger partial charge in [-0.2, -0.15) is 14.4 Å². The molecule has 0 radical (unpaired) electrons. The Hall–Kier alpha value is -6.12. The van der Waals surface area contributed by atoms with Crippen LogP contribution in [0.5, 0.6) is 0 Å². The predicted octanol–water partition coefficient (Wildman–Crippen LogP) is 6.08. The number of hydrogen-bond donors (Lipinski definition) is 0. The highest BCUT2D eigenvalue weighted by Crippen LogP contribution is 2.25. The summed E-state index contributed by atoms with van der Waals surface area (Å²) in [6.07, 6.45) is -4.37. The highest BCUT2D eigenvalue weighted by molar-refractivity contribution is 5.92. The molecule has 0 spiro atoms. The summed E-state index contributed by atoms with van der Waals surface area (Å²) in [5.74, 6) is -2.90. The van der Waals surface area contributed by atoms with Crippen LogP contribution in [0.3, 0.4) is 0 Å². The molecule has 3 rings (SSSR count). The molecule has 0 atom stereocenters. The third-order valence-corrected chi connectivity index (χ3v) is 6.89. The van der Waals surface area contributed by atoms with Gasteiger partial charge in [0, 0.05) is 0 Å². The summed E-state index contributed by atoms with van der Waals surface area (Å²) < 4.78 is 15.1. The lowest BCUT2D eigenvalue weighted by Gasteiger charge is -2.29. The Bertz CT molecular complexity index is 1440. The lowest BCUT2D eigenvalue weighted by molar-refractivity contribution is -0.217. The van der Waals surface area contributed by atoms with Gasteiger partial charge in [-0.15, -0.1) is 0 Å². The standard InChI is InChI=1S/C33H32O15/c1-5-33(18-40-30(37)46-43-27(34)24-15-9-6-12-21(24)2,19-41-31(38)47-44-28(35)25-16-10-7-13-22(25)3)20-42-32(39)48-45-29(36)26-17-11-8-14-23(26)4/h6-17H,5,18-20H2,1-4H3. The van der Waals surface area contributed by atoms with Gasteiger partial charge in [0.05, 0.1) is 22.1 Å². The fourth-order valence-electron chi connectivity index (χ4n) is 3.90. The molecule has 0 saturated heterocycles. The zero-order valence-electron chi connectivity index (χ0n) is 26.4. The van der Waals surface area contributed by atoms with Crippen molar-refractivity contribution < 1.29 is 72.3 Å². The average molecular weight is 669 g/mol. The van der Waals surface area contributed by atoms with Gasteiger partial charge < -0.3 is 14.2 Å². The topological polar surface area (TPSA) is 185 Å². The first-order valence-electron chi connectivity index (χ1n) is 14.3. The SMILES string of the molecule is CCC(COC(=O)OOC(=O)c1ccccc1C)(COC(=O)OOC(=O)c1ccccc1C)COC(=O)OOC(=O)c1ccccc1C. The van der Waals surface area contributed by atoms with E-state index in [0.717, 1.165) is 0 Å². The van der Waals surface area contributed by atoms with Crippen molar-refractivity contribution >= 4 is 36.4 Å². The van der Waals surface area contributed by atoms with Gasteiger partial charge in [0.1, 0.15) is 19.8 Å². The Morgan fingerprint density at radius 3 is 0.979 bits per heavy atom. The van der Waals surface area contributed by atoms with E-state index >= 15 is 0 Å². The van der Waals surface area contributed by atoms with Gasteiger partial charge in [0.15, 0.2) is 0 Å². The summed E-state index contributed by atoms with van der Waals surface area (Å²) >= 11 is 0. The van der Waals surface area contributed by atoms with Crippen LogP contribution in [0.2, 0.25) is 0 Å². The van der Waals surface area contributed by atoms with Gasteiger partial charge in [0.25, 0.3) is 0 Å². The maximum absolute atomic E-state index is 12.3. The van der Waals surface area contributed by atoms with E-state index in [1.807, 2.05) is 0 Å². The fourth-order valence-corrected chi connectivity index (χ4v) is 3.90. The molecule has 0 bridgehead atoms. The van der Waals surface area contributed by atoms with E-state index in [1.54, 1.807) is 82.3 Å².